The molecule has 7 heteroatoms. The number of aliphatic hydroxyl groups is 4. The molecule has 0 spiro atoms. The number of hydrazine groups is 1. The molecule has 0 unspecified atom stereocenters. The second-order valence-corrected chi connectivity index (χ2v) is 5.89. The van der Waals surface area contributed by atoms with Gasteiger partial charge in [0.25, 0.3) is 0 Å². The van der Waals surface area contributed by atoms with Crippen LogP contribution in [0.15, 0.2) is 60.7 Å². The van der Waals surface area contributed by atoms with Gasteiger partial charge in [-0.05, 0) is 17.7 Å². The number of benzene rings is 2. The van der Waals surface area contributed by atoms with Crippen LogP contribution in [0.1, 0.15) is 5.56 Å². The van der Waals surface area contributed by atoms with Gasteiger partial charge in [0, 0.05) is 0 Å². The summed E-state index contributed by atoms with van der Waals surface area (Å²) in [7, 11) is 0. The number of nitrogens with zero attached hydrogens (tertiary/aromatic N) is 1. The van der Waals surface area contributed by atoms with Crippen LogP contribution in [0.5, 0.6) is 0 Å². The minimum atomic E-state index is -1.79. The van der Waals surface area contributed by atoms with Gasteiger partial charge in [-0.2, -0.15) is 0 Å². The molecule has 0 heterocycles. The zero-order valence-electron chi connectivity index (χ0n) is 14.3. The maximum Gasteiger partial charge on any atom is 0.179 e. The number of hydrogen-bond acceptors (Lipinski definition) is 7. The SMILES string of the molecule is O=C(CNN(Cc1ccccc1)c1ccccc1)[C@@H](O)[C@H](O)[C@H](O)CO. The number of para-hydroxylation sites is 1. The van der Waals surface area contributed by atoms with E-state index in [1.807, 2.05) is 60.7 Å². The predicted octanol–water partition coefficient (Wildman–Crippen LogP) is -0.158. The van der Waals surface area contributed by atoms with Crippen LogP contribution in [-0.2, 0) is 11.3 Å². The van der Waals surface area contributed by atoms with Crippen LogP contribution < -0.4 is 10.4 Å². The molecule has 7 nitrogen and oxygen atoms in total. The van der Waals surface area contributed by atoms with Crippen LogP contribution in [-0.4, -0.2) is 57.7 Å². The third-order valence-corrected chi connectivity index (χ3v) is 3.93. The monoisotopic (exact) mass is 360 g/mol. The lowest BCUT2D eigenvalue weighted by Gasteiger charge is -2.27. The Morgan fingerprint density at radius 1 is 0.962 bits per heavy atom. The number of carbonyl (C=O) groups is 1. The van der Waals surface area contributed by atoms with Crippen molar-refractivity contribution in [3.05, 3.63) is 66.2 Å². The van der Waals surface area contributed by atoms with Crippen LogP contribution >= 0.6 is 0 Å². The lowest BCUT2D eigenvalue weighted by Crippen LogP contribution is -2.49. The summed E-state index contributed by atoms with van der Waals surface area (Å²) in [6.07, 6.45) is -5.11. The Hall–Kier alpha value is -2.29. The van der Waals surface area contributed by atoms with E-state index in [-0.39, 0.29) is 6.54 Å². The second-order valence-electron chi connectivity index (χ2n) is 5.89. The minimum Gasteiger partial charge on any atom is -0.394 e. The van der Waals surface area contributed by atoms with Gasteiger partial charge < -0.3 is 25.4 Å². The number of ketones is 1. The fourth-order valence-corrected chi connectivity index (χ4v) is 2.40. The molecule has 140 valence electrons. The Kier molecular flexibility index (Phi) is 7.71. The molecule has 0 saturated carbocycles. The third kappa shape index (κ3) is 5.62. The van der Waals surface area contributed by atoms with Crippen LogP contribution in [0.2, 0.25) is 0 Å². The van der Waals surface area contributed by atoms with E-state index in [1.54, 1.807) is 5.01 Å². The van der Waals surface area contributed by atoms with Gasteiger partial charge in [-0.3, -0.25) is 4.79 Å². The first-order chi connectivity index (χ1) is 12.5. The number of hydrogen-bond donors (Lipinski definition) is 5. The van der Waals surface area contributed by atoms with Crippen LogP contribution in [0, 0.1) is 0 Å². The van der Waals surface area contributed by atoms with Crippen LogP contribution in [0.3, 0.4) is 0 Å². The molecule has 0 amide bonds. The highest BCUT2D eigenvalue weighted by atomic mass is 16.4. The molecule has 0 aliphatic carbocycles. The van der Waals surface area contributed by atoms with Crippen molar-refractivity contribution in [1.29, 1.82) is 0 Å². The smallest absolute Gasteiger partial charge is 0.179 e. The fraction of sp³-hybridized carbons (Fsp3) is 0.316. The summed E-state index contributed by atoms with van der Waals surface area (Å²) < 4.78 is 0. The number of nitrogens with one attached hydrogen (secondary N) is 1. The van der Waals surface area contributed by atoms with Crippen molar-refractivity contribution >= 4 is 11.5 Å². The van der Waals surface area contributed by atoms with E-state index in [4.69, 9.17) is 5.11 Å². The third-order valence-electron chi connectivity index (χ3n) is 3.93. The summed E-state index contributed by atoms with van der Waals surface area (Å²) >= 11 is 0. The minimum absolute atomic E-state index is 0.252. The van der Waals surface area contributed by atoms with E-state index in [2.05, 4.69) is 5.43 Å². The maximum absolute atomic E-state index is 12.1. The van der Waals surface area contributed by atoms with E-state index in [9.17, 15) is 20.1 Å². The van der Waals surface area contributed by atoms with Gasteiger partial charge >= 0.3 is 0 Å². The molecular weight excluding hydrogens is 336 g/mol. The standard InChI is InChI=1S/C19H24N2O5/c22-13-17(24)19(26)18(25)16(23)11-20-21(15-9-5-2-6-10-15)12-14-7-3-1-4-8-14/h1-10,17-20,22,24-26H,11-13H2/t17-,18-,19-/m1/s1. The van der Waals surface area contributed by atoms with Crippen molar-refractivity contribution in [2.75, 3.05) is 18.2 Å². The molecule has 0 aliphatic heterocycles. The van der Waals surface area contributed by atoms with Crippen LogP contribution in [0.25, 0.3) is 0 Å². The number of anilines is 1. The Labute approximate surface area is 152 Å². The summed E-state index contributed by atoms with van der Waals surface area (Å²) in [5.41, 5.74) is 4.79. The van der Waals surface area contributed by atoms with Crippen molar-refractivity contribution in [3.8, 4) is 0 Å². The maximum atomic E-state index is 12.1. The van der Waals surface area contributed by atoms with Gasteiger partial charge in [-0.25, -0.2) is 5.43 Å². The Morgan fingerprint density at radius 2 is 1.54 bits per heavy atom. The molecule has 0 saturated heterocycles. The van der Waals surface area contributed by atoms with E-state index in [1.165, 1.54) is 0 Å². The van der Waals surface area contributed by atoms with Crippen molar-refractivity contribution in [3.63, 3.8) is 0 Å². The molecule has 0 fully saturated rings. The topological polar surface area (TPSA) is 113 Å². The van der Waals surface area contributed by atoms with Gasteiger partial charge in [0.15, 0.2) is 5.78 Å². The largest absolute Gasteiger partial charge is 0.394 e. The Bertz CT molecular complexity index is 668. The predicted molar refractivity (Wildman–Crippen MR) is 97.2 cm³/mol. The summed E-state index contributed by atoms with van der Waals surface area (Å²) in [5.74, 6) is -0.695. The summed E-state index contributed by atoms with van der Waals surface area (Å²) in [4.78, 5) is 12.1. The highest BCUT2D eigenvalue weighted by Gasteiger charge is 2.29. The van der Waals surface area contributed by atoms with Gasteiger partial charge in [-0.15, -0.1) is 0 Å². The van der Waals surface area contributed by atoms with Crippen molar-refractivity contribution in [2.45, 2.75) is 24.9 Å². The lowest BCUT2D eigenvalue weighted by molar-refractivity contribution is -0.139. The molecule has 5 N–H and O–H groups in total. The van der Waals surface area contributed by atoms with Gasteiger partial charge in [0.05, 0.1) is 25.4 Å². The van der Waals surface area contributed by atoms with Crippen LogP contribution in [0.4, 0.5) is 5.69 Å². The number of rotatable bonds is 10. The molecule has 0 bridgehead atoms. The molecule has 3 atom stereocenters. The average Bonchev–Trinajstić information content (AvgIpc) is 2.70. The quantitative estimate of drug-likeness (QED) is 0.374. The first-order valence-corrected chi connectivity index (χ1v) is 8.30. The average molecular weight is 360 g/mol. The Morgan fingerprint density at radius 3 is 2.12 bits per heavy atom. The summed E-state index contributed by atoms with van der Waals surface area (Å²) in [5, 5.41) is 39.4. The molecule has 2 aromatic rings. The van der Waals surface area contributed by atoms with E-state index in [0.717, 1.165) is 11.3 Å². The highest BCUT2D eigenvalue weighted by molar-refractivity contribution is 5.85. The van der Waals surface area contributed by atoms with E-state index < -0.39 is 30.7 Å². The van der Waals surface area contributed by atoms with Gasteiger partial charge in [0.1, 0.15) is 18.3 Å². The highest BCUT2D eigenvalue weighted by Crippen LogP contribution is 2.14. The number of Topliss-reactive ketones (excluding diaryl/α,β-unsaturated/α-hetero) is 1. The first kappa shape index (κ1) is 20.0. The van der Waals surface area contributed by atoms with Gasteiger partial charge in [-0.1, -0.05) is 48.5 Å². The lowest BCUT2D eigenvalue weighted by atomic mass is 10.0. The zero-order valence-corrected chi connectivity index (χ0v) is 14.3. The summed E-state index contributed by atoms with van der Waals surface area (Å²) in [6, 6.07) is 19.0. The molecule has 2 rings (SSSR count). The molecule has 0 aliphatic rings. The van der Waals surface area contributed by atoms with Crippen molar-refractivity contribution in [1.82, 2.24) is 5.43 Å². The normalized spacial score (nSPS) is 14.5. The van der Waals surface area contributed by atoms with Crippen molar-refractivity contribution < 1.29 is 25.2 Å². The van der Waals surface area contributed by atoms with E-state index >= 15 is 0 Å². The molecule has 0 aromatic heterocycles. The number of carbonyl (C=O) groups excluding carboxylic acids is 1. The van der Waals surface area contributed by atoms with E-state index in [0.29, 0.717) is 6.54 Å². The molecule has 26 heavy (non-hydrogen) atoms. The summed E-state index contributed by atoms with van der Waals surface area (Å²) in [6.45, 7) is -0.517. The fourth-order valence-electron chi connectivity index (χ4n) is 2.40. The van der Waals surface area contributed by atoms with Gasteiger partial charge in [0.2, 0.25) is 0 Å². The first-order valence-electron chi connectivity index (χ1n) is 8.30. The zero-order chi connectivity index (χ0) is 18.9. The number of aliphatic hydroxyl groups excluding tert-OH is 4. The second kappa shape index (κ2) is 10.0. The Balaban J connectivity index is 2.04. The molecular formula is C19H24N2O5. The molecule has 0 radical (unpaired) electrons. The van der Waals surface area contributed by atoms with Crippen molar-refractivity contribution in [2.24, 2.45) is 0 Å². The molecule has 2 aromatic carbocycles.